The van der Waals surface area contributed by atoms with Crippen LogP contribution in [0.5, 0.6) is 0 Å². The van der Waals surface area contributed by atoms with Gasteiger partial charge in [-0.1, -0.05) is 65.7 Å². The highest BCUT2D eigenvalue weighted by atomic mass is 35.5. The maximum atomic E-state index is 14.1. The fraction of sp³-hybridized carbons (Fsp3) is 0.314. The Morgan fingerprint density at radius 2 is 1.48 bits per heavy atom. The summed E-state index contributed by atoms with van der Waals surface area (Å²) in [7, 11) is -2.55. The molecule has 1 atom stereocenters. The zero-order valence-electron chi connectivity index (χ0n) is 37.8. The number of alkyl halides is 3. The third-order valence-corrected chi connectivity index (χ3v) is 15.8. The summed E-state index contributed by atoms with van der Waals surface area (Å²) in [4.78, 5) is 20.0. The number of carboxylic acids is 1. The van der Waals surface area contributed by atoms with E-state index in [1.54, 1.807) is 59.8 Å². The number of nitrogens with zero attached hydrogens (tertiary/aromatic N) is 4. The Morgan fingerprint density at radius 1 is 0.812 bits per heavy atom. The van der Waals surface area contributed by atoms with E-state index < -0.39 is 28.6 Å². The van der Waals surface area contributed by atoms with Crippen molar-refractivity contribution in [3.8, 4) is 22.4 Å². The van der Waals surface area contributed by atoms with Gasteiger partial charge in [-0.3, -0.25) is 4.72 Å². The number of rotatable bonds is 17. The number of aromatic carboxylic acids is 1. The third-order valence-electron chi connectivity index (χ3n) is 12.6. The zero-order valence-corrected chi connectivity index (χ0v) is 40.9. The summed E-state index contributed by atoms with van der Waals surface area (Å²) in [5, 5.41) is 24.3. The molecule has 6 aromatic rings. The Hall–Kier alpha value is -5.36. The van der Waals surface area contributed by atoms with Crippen molar-refractivity contribution in [1.29, 1.82) is 0 Å². The molecule has 18 heteroatoms. The van der Waals surface area contributed by atoms with E-state index in [0.29, 0.717) is 79.6 Å². The van der Waals surface area contributed by atoms with E-state index in [1.165, 1.54) is 12.1 Å². The predicted molar refractivity (Wildman–Crippen MR) is 272 cm³/mol. The fourth-order valence-corrected chi connectivity index (χ4v) is 11.5. The van der Waals surface area contributed by atoms with Gasteiger partial charge in [0.1, 0.15) is 10.7 Å². The molecule has 2 saturated heterocycles. The van der Waals surface area contributed by atoms with Gasteiger partial charge in [0.15, 0.2) is 0 Å². The zero-order chi connectivity index (χ0) is 48.9. The van der Waals surface area contributed by atoms with Gasteiger partial charge in [0, 0.05) is 103 Å². The number of piperazine rings is 1. The van der Waals surface area contributed by atoms with Crippen LogP contribution in [-0.2, 0) is 23.5 Å². The van der Waals surface area contributed by atoms with E-state index >= 15 is 0 Å². The number of aromatic nitrogens is 1. The van der Waals surface area contributed by atoms with Crippen LogP contribution in [0, 0.1) is 0 Å². The number of benzene rings is 5. The second-order valence-corrected chi connectivity index (χ2v) is 20.9. The summed E-state index contributed by atoms with van der Waals surface area (Å²) in [6.07, 6.45) is -4.23. The number of sulfonamides is 1. The van der Waals surface area contributed by atoms with Crippen LogP contribution < -0.4 is 19.8 Å². The van der Waals surface area contributed by atoms with Gasteiger partial charge in [-0.25, -0.2) is 13.2 Å². The number of carbonyl (C=O) groups is 1. The quantitative estimate of drug-likeness (QED) is 0.0655. The van der Waals surface area contributed by atoms with Crippen molar-refractivity contribution in [3.05, 3.63) is 143 Å². The summed E-state index contributed by atoms with van der Waals surface area (Å²) in [5.41, 5.74) is 4.73. The average molecular weight is 1020 g/mol. The topological polar surface area (TPSA) is 130 Å². The fourth-order valence-electron chi connectivity index (χ4n) is 8.96. The molecule has 2 aliphatic heterocycles. The van der Waals surface area contributed by atoms with Crippen LogP contribution in [0.15, 0.2) is 131 Å². The Morgan fingerprint density at radius 3 is 2.13 bits per heavy atom. The standard InChI is InChI=1S/C51H53Cl2F3N6O5S2/c1-59-48(34-10-12-37(52)13-11-34)46(47(49(59)53)50(64)65)35-6-5-7-41(30-35)62-28-26-61(27-29-62)40-16-14-38(15-17-40)58-69(66,67)44-18-19-45(36(31-44)32-51(54,55)56)57-39(33-68-43-8-3-2-4-9-43)20-23-60-24-21-42(63)22-25-60/h2-19,30-31,39,42,57-58,63H,20-29,32-33H2,1H3,(H,64,65)/t39-/m1/s1. The molecule has 0 amide bonds. The Labute approximate surface area is 414 Å². The molecule has 364 valence electrons. The number of halogens is 5. The number of hydrogen-bond acceptors (Lipinski definition) is 9. The second kappa shape index (κ2) is 21.7. The van der Waals surface area contributed by atoms with Gasteiger partial charge in [-0.15, -0.1) is 11.8 Å². The number of anilines is 4. The number of hydrogen-bond donors (Lipinski definition) is 4. The minimum atomic E-state index is -4.59. The smallest absolute Gasteiger partial charge is 0.393 e. The summed E-state index contributed by atoms with van der Waals surface area (Å²) in [6, 6.07) is 35.1. The van der Waals surface area contributed by atoms with Crippen molar-refractivity contribution in [2.45, 2.75) is 53.8 Å². The number of aliphatic hydroxyl groups is 1. The lowest BCUT2D eigenvalue weighted by Gasteiger charge is -2.37. The van der Waals surface area contributed by atoms with Gasteiger partial charge in [0.25, 0.3) is 10.0 Å². The Kier molecular flexibility index (Phi) is 15.8. The Balaban J connectivity index is 0.933. The molecule has 2 aliphatic rings. The van der Waals surface area contributed by atoms with Gasteiger partial charge in [-0.05, 0) is 115 Å². The minimum absolute atomic E-state index is 0.00870. The van der Waals surface area contributed by atoms with Crippen LogP contribution in [0.3, 0.4) is 0 Å². The van der Waals surface area contributed by atoms with Gasteiger partial charge in [0.2, 0.25) is 0 Å². The number of likely N-dealkylation sites (tertiary alicyclic amines) is 1. The van der Waals surface area contributed by atoms with E-state index in [2.05, 4.69) is 24.7 Å². The predicted octanol–water partition coefficient (Wildman–Crippen LogP) is 11.0. The minimum Gasteiger partial charge on any atom is -0.478 e. The van der Waals surface area contributed by atoms with Crippen molar-refractivity contribution in [1.82, 2.24) is 9.47 Å². The van der Waals surface area contributed by atoms with Crippen LogP contribution >= 0.6 is 35.0 Å². The first kappa shape index (κ1) is 50.0. The highest BCUT2D eigenvalue weighted by Crippen LogP contribution is 2.42. The molecule has 0 bridgehead atoms. The second-order valence-electron chi connectivity index (χ2n) is 17.4. The molecule has 11 nitrogen and oxygen atoms in total. The summed E-state index contributed by atoms with van der Waals surface area (Å²) in [5.74, 6) is -0.566. The van der Waals surface area contributed by atoms with Crippen LogP contribution in [0.1, 0.15) is 35.2 Å². The lowest BCUT2D eigenvalue weighted by Crippen LogP contribution is -2.46. The molecule has 0 saturated carbocycles. The number of thioether (sulfide) groups is 1. The van der Waals surface area contributed by atoms with Crippen LogP contribution in [0.2, 0.25) is 10.2 Å². The van der Waals surface area contributed by atoms with E-state index in [0.717, 1.165) is 41.0 Å². The first-order valence-electron chi connectivity index (χ1n) is 22.7. The van der Waals surface area contributed by atoms with E-state index in [4.69, 9.17) is 23.2 Å². The van der Waals surface area contributed by atoms with E-state index in [1.807, 2.05) is 66.7 Å². The molecule has 8 rings (SSSR count). The Bertz CT molecular complexity index is 2840. The molecule has 1 aromatic heterocycles. The molecule has 5 aromatic carbocycles. The van der Waals surface area contributed by atoms with Crippen molar-refractivity contribution in [2.75, 3.05) is 71.4 Å². The van der Waals surface area contributed by atoms with Crippen LogP contribution in [-0.4, -0.2) is 104 Å². The van der Waals surface area contributed by atoms with Crippen molar-refractivity contribution in [2.24, 2.45) is 7.05 Å². The highest BCUT2D eigenvalue weighted by Gasteiger charge is 2.32. The number of aliphatic hydroxyl groups excluding tert-OH is 1. The number of piperidine rings is 1. The molecule has 2 fully saturated rings. The normalized spacial score (nSPS) is 15.6. The van der Waals surface area contributed by atoms with Crippen LogP contribution in [0.25, 0.3) is 22.4 Å². The van der Waals surface area contributed by atoms with Gasteiger partial charge in [0.05, 0.1) is 23.1 Å². The summed E-state index contributed by atoms with van der Waals surface area (Å²) < 4.78 is 74.0. The van der Waals surface area contributed by atoms with E-state index in [-0.39, 0.29) is 44.7 Å². The van der Waals surface area contributed by atoms with Gasteiger partial charge in [-0.2, -0.15) is 13.2 Å². The molecule has 0 spiro atoms. The van der Waals surface area contributed by atoms with Crippen molar-refractivity contribution in [3.63, 3.8) is 0 Å². The molecule has 0 unspecified atom stereocenters. The number of carboxylic acid groups (broad SMARTS) is 1. The summed E-state index contributed by atoms with van der Waals surface area (Å²) >= 11 is 14.4. The summed E-state index contributed by atoms with van der Waals surface area (Å²) in [6.45, 7) is 4.75. The van der Waals surface area contributed by atoms with Gasteiger partial charge < -0.3 is 34.8 Å². The monoisotopic (exact) mass is 1020 g/mol. The molecular formula is C51H53Cl2F3N6O5S2. The maximum absolute atomic E-state index is 14.1. The lowest BCUT2D eigenvalue weighted by atomic mass is 9.97. The maximum Gasteiger partial charge on any atom is 0.393 e. The molecule has 0 aliphatic carbocycles. The highest BCUT2D eigenvalue weighted by molar-refractivity contribution is 7.99. The van der Waals surface area contributed by atoms with Crippen molar-refractivity contribution >= 4 is 73.7 Å². The molecule has 0 radical (unpaired) electrons. The van der Waals surface area contributed by atoms with Crippen molar-refractivity contribution < 1.29 is 36.6 Å². The average Bonchev–Trinajstić information content (AvgIpc) is 3.60. The van der Waals surface area contributed by atoms with Gasteiger partial charge >= 0.3 is 12.1 Å². The van der Waals surface area contributed by atoms with E-state index in [9.17, 15) is 36.6 Å². The van der Waals surface area contributed by atoms with Crippen LogP contribution in [0.4, 0.5) is 35.9 Å². The first-order valence-corrected chi connectivity index (χ1v) is 25.9. The third kappa shape index (κ3) is 12.5. The molecule has 69 heavy (non-hydrogen) atoms. The largest absolute Gasteiger partial charge is 0.478 e. The molecular weight excluding hydrogens is 969 g/mol. The molecule has 4 N–H and O–H groups in total. The molecule has 3 heterocycles. The number of nitrogens with one attached hydrogen (secondary N) is 2. The lowest BCUT2D eigenvalue weighted by molar-refractivity contribution is -0.127. The SMILES string of the molecule is Cn1c(Cl)c(C(=O)O)c(-c2cccc(N3CCN(c4ccc(NS(=O)(=O)c5ccc(N[C@H](CCN6CCC(O)CC6)CSc6ccccc6)c(CC(F)(F)F)c5)cc4)CC3)c2)c1-c1ccc(Cl)cc1. The first-order chi connectivity index (χ1) is 33.0.